The van der Waals surface area contributed by atoms with Crippen molar-refractivity contribution in [3.05, 3.63) is 89.4 Å². The van der Waals surface area contributed by atoms with Crippen molar-refractivity contribution < 1.29 is 13.9 Å². The number of anilines is 2. The number of ether oxygens (including phenoxy) is 1. The number of hydrogen-bond acceptors (Lipinski definition) is 4. The number of pyridine rings is 1. The van der Waals surface area contributed by atoms with Gasteiger partial charge in [-0.15, -0.1) is 0 Å². The van der Waals surface area contributed by atoms with Crippen LogP contribution in [0.4, 0.5) is 15.9 Å². The molecule has 0 spiro atoms. The van der Waals surface area contributed by atoms with Crippen LogP contribution in [-0.4, -0.2) is 37.2 Å². The molecule has 0 unspecified atom stereocenters. The molecule has 1 saturated heterocycles. The molecular weight excluding hydrogens is 381 g/mol. The normalized spacial score (nSPS) is 13.9. The Morgan fingerprint density at radius 2 is 1.73 bits per heavy atom. The fourth-order valence-corrected chi connectivity index (χ4v) is 3.43. The molecule has 0 bridgehead atoms. The maximum atomic E-state index is 13.4. The average molecular weight is 405 g/mol. The number of nitrogens with zero attached hydrogens (tertiary/aromatic N) is 3. The smallest absolute Gasteiger partial charge is 0.258 e. The van der Waals surface area contributed by atoms with Gasteiger partial charge in [0.1, 0.15) is 11.6 Å². The van der Waals surface area contributed by atoms with Crippen molar-refractivity contribution in [2.24, 2.45) is 0 Å². The lowest BCUT2D eigenvalue weighted by Gasteiger charge is -2.28. The molecule has 0 saturated carbocycles. The number of carbonyl (C=O) groups is 1. The number of morpholine rings is 1. The minimum Gasteiger partial charge on any atom is -0.378 e. The molecule has 1 aromatic heterocycles. The van der Waals surface area contributed by atoms with E-state index in [4.69, 9.17) is 4.74 Å². The summed E-state index contributed by atoms with van der Waals surface area (Å²) in [6, 6.07) is 17.4. The van der Waals surface area contributed by atoms with Crippen LogP contribution in [0.25, 0.3) is 0 Å². The molecule has 2 heterocycles. The van der Waals surface area contributed by atoms with Crippen molar-refractivity contribution in [1.82, 2.24) is 4.98 Å². The van der Waals surface area contributed by atoms with Crippen LogP contribution in [-0.2, 0) is 11.3 Å². The summed E-state index contributed by atoms with van der Waals surface area (Å²) < 4.78 is 18.8. The van der Waals surface area contributed by atoms with Gasteiger partial charge in [-0.25, -0.2) is 9.37 Å². The number of aryl methyl sites for hydroxylation is 1. The Balaban J connectivity index is 1.58. The Labute approximate surface area is 175 Å². The Morgan fingerprint density at radius 1 is 1.03 bits per heavy atom. The van der Waals surface area contributed by atoms with Crippen LogP contribution in [0, 0.1) is 12.7 Å². The third kappa shape index (κ3) is 4.66. The molecule has 1 amide bonds. The fourth-order valence-electron chi connectivity index (χ4n) is 3.43. The van der Waals surface area contributed by atoms with Gasteiger partial charge in [0.05, 0.1) is 19.8 Å². The SMILES string of the molecule is Cc1ccc(C(=O)N(Cc2ccc(N3CCOCC3)nc2)c2ccc(F)cc2)cc1. The van der Waals surface area contributed by atoms with Crippen molar-refractivity contribution in [3.63, 3.8) is 0 Å². The van der Waals surface area contributed by atoms with Crippen LogP contribution < -0.4 is 9.80 Å². The molecule has 154 valence electrons. The van der Waals surface area contributed by atoms with Gasteiger partial charge in [-0.2, -0.15) is 0 Å². The lowest BCUT2D eigenvalue weighted by Crippen LogP contribution is -2.36. The largest absolute Gasteiger partial charge is 0.378 e. The summed E-state index contributed by atoms with van der Waals surface area (Å²) in [5.74, 6) is 0.428. The van der Waals surface area contributed by atoms with E-state index in [1.54, 1.807) is 23.2 Å². The van der Waals surface area contributed by atoms with Gasteiger partial charge in [0.2, 0.25) is 0 Å². The van der Waals surface area contributed by atoms with E-state index in [-0.39, 0.29) is 11.7 Å². The minimum atomic E-state index is -0.335. The second-order valence-electron chi connectivity index (χ2n) is 7.36. The number of halogens is 1. The number of amides is 1. The summed E-state index contributed by atoms with van der Waals surface area (Å²) in [6.45, 7) is 5.36. The van der Waals surface area contributed by atoms with Crippen LogP contribution in [0.15, 0.2) is 66.9 Å². The van der Waals surface area contributed by atoms with Crippen LogP contribution >= 0.6 is 0 Å². The predicted octanol–water partition coefficient (Wildman–Crippen LogP) is 4.21. The van der Waals surface area contributed by atoms with Crippen LogP contribution in [0.5, 0.6) is 0 Å². The van der Waals surface area contributed by atoms with Crippen molar-refractivity contribution in [2.45, 2.75) is 13.5 Å². The number of hydrogen-bond donors (Lipinski definition) is 0. The highest BCUT2D eigenvalue weighted by atomic mass is 19.1. The first-order valence-corrected chi connectivity index (χ1v) is 10.0. The van der Waals surface area contributed by atoms with E-state index in [9.17, 15) is 9.18 Å². The topological polar surface area (TPSA) is 45.7 Å². The summed E-state index contributed by atoms with van der Waals surface area (Å²) in [4.78, 5) is 21.7. The van der Waals surface area contributed by atoms with E-state index in [1.807, 2.05) is 43.3 Å². The highest BCUT2D eigenvalue weighted by Gasteiger charge is 2.19. The molecule has 1 aliphatic heterocycles. The zero-order chi connectivity index (χ0) is 20.9. The van der Waals surface area contributed by atoms with Crippen molar-refractivity contribution in [1.29, 1.82) is 0 Å². The maximum absolute atomic E-state index is 13.4. The van der Waals surface area contributed by atoms with Gasteiger partial charge in [0.15, 0.2) is 0 Å². The molecule has 0 atom stereocenters. The third-order valence-electron chi connectivity index (χ3n) is 5.17. The summed E-state index contributed by atoms with van der Waals surface area (Å²) in [7, 11) is 0. The minimum absolute atomic E-state index is 0.140. The number of aromatic nitrogens is 1. The quantitative estimate of drug-likeness (QED) is 0.638. The van der Waals surface area contributed by atoms with E-state index in [1.165, 1.54) is 12.1 Å². The molecule has 0 aliphatic carbocycles. The lowest BCUT2D eigenvalue weighted by molar-refractivity contribution is 0.0985. The average Bonchev–Trinajstić information content (AvgIpc) is 2.79. The van der Waals surface area contributed by atoms with Gasteiger partial charge in [-0.05, 0) is 55.0 Å². The highest BCUT2D eigenvalue weighted by molar-refractivity contribution is 6.06. The molecule has 1 aliphatic rings. The molecule has 2 aromatic carbocycles. The Kier molecular flexibility index (Phi) is 6.05. The Bertz CT molecular complexity index is 982. The predicted molar refractivity (Wildman–Crippen MR) is 115 cm³/mol. The second kappa shape index (κ2) is 9.05. The van der Waals surface area contributed by atoms with Gasteiger partial charge >= 0.3 is 0 Å². The van der Waals surface area contributed by atoms with Gasteiger partial charge < -0.3 is 14.5 Å². The molecule has 1 fully saturated rings. The second-order valence-corrected chi connectivity index (χ2v) is 7.36. The van der Waals surface area contributed by atoms with Crippen molar-refractivity contribution in [2.75, 3.05) is 36.1 Å². The van der Waals surface area contributed by atoms with E-state index in [2.05, 4.69) is 9.88 Å². The summed E-state index contributed by atoms with van der Waals surface area (Å²) in [5, 5.41) is 0. The van der Waals surface area contributed by atoms with Crippen LogP contribution in [0.2, 0.25) is 0 Å². The Hall–Kier alpha value is -3.25. The van der Waals surface area contributed by atoms with Gasteiger partial charge in [0.25, 0.3) is 5.91 Å². The summed E-state index contributed by atoms with van der Waals surface area (Å²) in [5.41, 5.74) is 3.21. The van der Waals surface area contributed by atoms with E-state index in [0.29, 0.717) is 31.0 Å². The fraction of sp³-hybridized carbons (Fsp3) is 0.250. The maximum Gasteiger partial charge on any atom is 0.258 e. The van der Waals surface area contributed by atoms with Crippen molar-refractivity contribution in [3.8, 4) is 0 Å². The highest BCUT2D eigenvalue weighted by Crippen LogP contribution is 2.22. The first-order chi connectivity index (χ1) is 14.6. The van der Waals surface area contributed by atoms with E-state index >= 15 is 0 Å². The van der Waals surface area contributed by atoms with Crippen LogP contribution in [0.3, 0.4) is 0 Å². The molecule has 30 heavy (non-hydrogen) atoms. The number of benzene rings is 2. The van der Waals surface area contributed by atoms with E-state index in [0.717, 1.165) is 30.0 Å². The lowest BCUT2D eigenvalue weighted by atomic mass is 10.1. The number of rotatable bonds is 5. The van der Waals surface area contributed by atoms with Gasteiger partial charge in [-0.1, -0.05) is 23.8 Å². The van der Waals surface area contributed by atoms with Crippen molar-refractivity contribution >= 4 is 17.4 Å². The molecule has 6 heteroatoms. The van der Waals surface area contributed by atoms with Crippen LogP contribution in [0.1, 0.15) is 21.5 Å². The first-order valence-electron chi connectivity index (χ1n) is 10.0. The monoisotopic (exact) mass is 405 g/mol. The molecule has 5 nitrogen and oxygen atoms in total. The molecule has 0 N–H and O–H groups in total. The zero-order valence-corrected chi connectivity index (χ0v) is 16.9. The van der Waals surface area contributed by atoms with Gasteiger partial charge in [0, 0.05) is 30.5 Å². The molecule has 3 aromatic rings. The molecule has 0 radical (unpaired) electrons. The first kappa shape index (κ1) is 20.0. The number of carbonyl (C=O) groups excluding carboxylic acids is 1. The van der Waals surface area contributed by atoms with E-state index < -0.39 is 0 Å². The Morgan fingerprint density at radius 3 is 2.37 bits per heavy atom. The summed E-state index contributed by atoms with van der Waals surface area (Å²) in [6.07, 6.45) is 1.80. The molecular formula is C24H24FN3O2. The summed E-state index contributed by atoms with van der Waals surface area (Å²) >= 11 is 0. The zero-order valence-electron chi connectivity index (χ0n) is 16.9. The molecule has 4 rings (SSSR count). The standard InChI is InChI=1S/C24H24FN3O2/c1-18-2-5-20(6-3-18)24(29)28(22-9-7-21(25)8-10-22)17-19-4-11-23(26-16-19)27-12-14-30-15-13-27/h2-11,16H,12-15,17H2,1H3. The third-order valence-corrected chi connectivity index (χ3v) is 5.17. The van der Waals surface area contributed by atoms with Gasteiger partial charge in [-0.3, -0.25) is 4.79 Å².